The summed E-state index contributed by atoms with van der Waals surface area (Å²) in [5.41, 5.74) is 3.38. The molecule has 1 fully saturated rings. The first-order valence-corrected chi connectivity index (χ1v) is 7.23. The topological polar surface area (TPSA) is 20.2 Å². The van der Waals surface area contributed by atoms with Crippen LogP contribution in [0.1, 0.15) is 51.2 Å². The molecule has 2 aliphatic rings. The smallest absolute Gasteiger partial charge is 0.0594 e. The van der Waals surface area contributed by atoms with Crippen molar-refractivity contribution >= 4 is 0 Å². The summed E-state index contributed by atoms with van der Waals surface area (Å²) in [7, 11) is 0. The van der Waals surface area contributed by atoms with Gasteiger partial charge in [-0.25, -0.2) is 0 Å². The van der Waals surface area contributed by atoms with Crippen LogP contribution in [0.15, 0.2) is 24.3 Å². The average Bonchev–Trinajstić information content (AvgIpc) is 2.35. The Hall–Kier alpha value is -0.820. The highest BCUT2D eigenvalue weighted by atomic mass is 16.3. The average molecular weight is 244 g/mol. The van der Waals surface area contributed by atoms with Crippen LogP contribution < -0.4 is 0 Å². The largest absolute Gasteiger partial charge is 0.393 e. The minimum absolute atomic E-state index is 0.0422. The Balaban J connectivity index is 2.10. The molecule has 0 aliphatic heterocycles. The molecule has 1 aromatic carbocycles. The lowest BCUT2D eigenvalue weighted by Gasteiger charge is -2.56. The first kappa shape index (κ1) is 12.2. The lowest BCUT2D eigenvalue weighted by molar-refractivity contribution is -0.0730. The fourth-order valence-electron chi connectivity index (χ4n) is 4.64. The number of hydrogen-bond acceptors (Lipinski definition) is 1. The Morgan fingerprint density at radius 3 is 2.61 bits per heavy atom. The lowest BCUT2D eigenvalue weighted by atomic mass is 9.49. The first-order valence-electron chi connectivity index (χ1n) is 7.23. The van der Waals surface area contributed by atoms with E-state index in [1.807, 2.05) is 0 Å². The minimum atomic E-state index is -0.138. The molecular weight excluding hydrogens is 220 g/mol. The summed E-state index contributed by atoms with van der Waals surface area (Å²) >= 11 is 0. The van der Waals surface area contributed by atoms with Gasteiger partial charge in [-0.1, -0.05) is 45.0 Å². The molecule has 0 radical (unpaired) electrons. The van der Waals surface area contributed by atoms with E-state index in [1.165, 1.54) is 18.4 Å². The third-order valence-electron chi connectivity index (χ3n) is 5.80. The summed E-state index contributed by atoms with van der Waals surface area (Å²) in [6.45, 7) is 6.94. The number of aliphatic hydroxyl groups is 1. The Kier molecular flexibility index (Phi) is 2.60. The fraction of sp³-hybridized carbons (Fsp3) is 0.647. The van der Waals surface area contributed by atoms with Crippen molar-refractivity contribution in [3.05, 3.63) is 35.4 Å². The van der Waals surface area contributed by atoms with E-state index < -0.39 is 0 Å². The summed E-state index contributed by atoms with van der Waals surface area (Å²) in [5, 5.41) is 10.3. The maximum absolute atomic E-state index is 10.3. The standard InChI is InChI=1S/C17H24O/c1-16(2)14-9-8-12-6-4-5-7-13(12)17(14,3)11-10-15(16)18/h4-7,14-15,18H,8-11H2,1-3H3/t14-,15?,17+/m0/s1. The summed E-state index contributed by atoms with van der Waals surface area (Å²) in [6, 6.07) is 8.93. The molecule has 98 valence electrons. The highest BCUT2D eigenvalue weighted by molar-refractivity contribution is 5.38. The Bertz CT molecular complexity index is 462. The van der Waals surface area contributed by atoms with Gasteiger partial charge in [0.15, 0.2) is 0 Å². The predicted molar refractivity (Wildman–Crippen MR) is 74.6 cm³/mol. The van der Waals surface area contributed by atoms with Gasteiger partial charge in [-0.15, -0.1) is 0 Å². The summed E-state index contributed by atoms with van der Waals surface area (Å²) in [4.78, 5) is 0. The quantitative estimate of drug-likeness (QED) is 0.738. The van der Waals surface area contributed by atoms with E-state index in [0.717, 1.165) is 12.8 Å². The van der Waals surface area contributed by atoms with Crippen LogP contribution in [0.2, 0.25) is 0 Å². The Labute approximate surface area is 110 Å². The van der Waals surface area contributed by atoms with Crippen molar-refractivity contribution in [1.29, 1.82) is 0 Å². The number of benzene rings is 1. The predicted octanol–water partition coefficient (Wildman–Crippen LogP) is 3.69. The molecule has 1 unspecified atom stereocenters. The second-order valence-corrected chi connectivity index (χ2v) is 7.04. The molecule has 0 spiro atoms. The monoisotopic (exact) mass is 244 g/mol. The molecule has 3 rings (SSSR count). The number of aliphatic hydroxyl groups excluding tert-OH is 1. The van der Waals surface area contributed by atoms with E-state index >= 15 is 0 Å². The first-order chi connectivity index (χ1) is 8.46. The molecule has 0 heterocycles. The van der Waals surface area contributed by atoms with Gasteiger partial charge < -0.3 is 5.11 Å². The van der Waals surface area contributed by atoms with Crippen LogP contribution in [0, 0.1) is 11.3 Å². The molecule has 0 amide bonds. The van der Waals surface area contributed by atoms with Gasteiger partial charge in [0, 0.05) is 0 Å². The van der Waals surface area contributed by atoms with Crippen molar-refractivity contribution in [1.82, 2.24) is 0 Å². The third kappa shape index (κ3) is 1.50. The van der Waals surface area contributed by atoms with Gasteiger partial charge in [-0.05, 0) is 53.6 Å². The molecule has 1 aromatic rings. The third-order valence-corrected chi connectivity index (χ3v) is 5.80. The highest BCUT2D eigenvalue weighted by Gasteiger charge is 2.53. The normalized spacial score (nSPS) is 37.8. The zero-order valence-corrected chi connectivity index (χ0v) is 11.7. The lowest BCUT2D eigenvalue weighted by Crippen LogP contribution is -2.53. The van der Waals surface area contributed by atoms with Crippen LogP contribution in [0.25, 0.3) is 0 Å². The molecule has 1 saturated carbocycles. The van der Waals surface area contributed by atoms with Gasteiger partial charge in [0.25, 0.3) is 0 Å². The minimum Gasteiger partial charge on any atom is -0.393 e. The van der Waals surface area contributed by atoms with Crippen LogP contribution in [0.3, 0.4) is 0 Å². The van der Waals surface area contributed by atoms with E-state index in [2.05, 4.69) is 45.0 Å². The summed E-state index contributed by atoms with van der Waals surface area (Å²) in [5.74, 6) is 0.601. The van der Waals surface area contributed by atoms with Crippen LogP contribution in [-0.2, 0) is 11.8 Å². The summed E-state index contributed by atoms with van der Waals surface area (Å²) < 4.78 is 0. The van der Waals surface area contributed by atoms with Gasteiger partial charge in [0.05, 0.1) is 6.10 Å². The van der Waals surface area contributed by atoms with Gasteiger partial charge in [-0.3, -0.25) is 0 Å². The van der Waals surface area contributed by atoms with Crippen LogP contribution in [-0.4, -0.2) is 11.2 Å². The van der Waals surface area contributed by atoms with E-state index in [0.29, 0.717) is 5.92 Å². The zero-order valence-electron chi connectivity index (χ0n) is 11.7. The molecule has 0 saturated heterocycles. The van der Waals surface area contributed by atoms with Crippen molar-refractivity contribution in [3.63, 3.8) is 0 Å². The molecule has 1 N–H and O–H groups in total. The molecule has 2 aliphatic carbocycles. The molecule has 0 bridgehead atoms. The maximum Gasteiger partial charge on any atom is 0.0594 e. The molecule has 0 aromatic heterocycles. The van der Waals surface area contributed by atoms with Crippen molar-refractivity contribution in [2.24, 2.45) is 11.3 Å². The van der Waals surface area contributed by atoms with Crippen molar-refractivity contribution in [3.8, 4) is 0 Å². The molecule has 18 heavy (non-hydrogen) atoms. The molecule has 3 atom stereocenters. The van der Waals surface area contributed by atoms with Gasteiger partial charge >= 0.3 is 0 Å². The van der Waals surface area contributed by atoms with E-state index in [4.69, 9.17) is 0 Å². The Morgan fingerprint density at radius 2 is 1.83 bits per heavy atom. The van der Waals surface area contributed by atoms with E-state index in [-0.39, 0.29) is 16.9 Å². The molecular formula is C17H24O. The number of fused-ring (bicyclic) bond motifs is 3. The van der Waals surface area contributed by atoms with E-state index in [9.17, 15) is 5.11 Å². The molecule has 1 heteroatoms. The van der Waals surface area contributed by atoms with Crippen molar-refractivity contribution in [2.75, 3.05) is 0 Å². The highest BCUT2D eigenvalue weighted by Crippen LogP contribution is 2.56. The van der Waals surface area contributed by atoms with Gasteiger partial charge in [0.2, 0.25) is 0 Å². The zero-order chi connectivity index (χ0) is 13.0. The van der Waals surface area contributed by atoms with Gasteiger partial charge in [-0.2, -0.15) is 0 Å². The number of rotatable bonds is 0. The SMILES string of the molecule is CC1(C)C(O)CC[C@]2(C)c3ccccc3CC[C@@H]12. The number of hydrogen-bond donors (Lipinski definition) is 1. The maximum atomic E-state index is 10.3. The van der Waals surface area contributed by atoms with Crippen molar-refractivity contribution < 1.29 is 5.11 Å². The van der Waals surface area contributed by atoms with Crippen molar-refractivity contribution in [2.45, 2.75) is 58.0 Å². The van der Waals surface area contributed by atoms with Gasteiger partial charge in [0.1, 0.15) is 0 Å². The second kappa shape index (κ2) is 3.84. The number of aryl methyl sites for hydroxylation is 1. The summed E-state index contributed by atoms with van der Waals surface area (Å²) in [6.07, 6.45) is 4.32. The molecule has 1 nitrogen and oxygen atoms in total. The van der Waals surface area contributed by atoms with E-state index in [1.54, 1.807) is 5.56 Å². The Morgan fingerprint density at radius 1 is 1.11 bits per heavy atom. The van der Waals surface area contributed by atoms with Crippen LogP contribution >= 0.6 is 0 Å². The fourth-order valence-corrected chi connectivity index (χ4v) is 4.64. The van der Waals surface area contributed by atoms with Crippen LogP contribution in [0.4, 0.5) is 0 Å². The van der Waals surface area contributed by atoms with Crippen LogP contribution in [0.5, 0.6) is 0 Å². The second-order valence-electron chi connectivity index (χ2n) is 7.04.